The molecule has 1 aliphatic carbocycles. The maximum atomic E-state index is 12.4. The molecule has 23 heavy (non-hydrogen) atoms. The van der Waals surface area contributed by atoms with Crippen molar-refractivity contribution in [1.29, 1.82) is 5.26 Å². The molecule has 2 N–H and O–H groups in total. The molecule has 1 heterocycles. The van der Waals surface area contributed by atoms with Gasteiger partial charge < -0.3 is 9.88 Å². The molecule has 126 valence electrons. The number of rotatable bonds is 2. The molecule has 2 rings (SSSR count). The van der Waals surface area contributed by atoms with E-state index in [4.69, 9.17) is 5.26 Å². The summed E-state index contributed by atoms with van der Waals surface area (Å²) in [5.41, 5.74) is 0.345. The SMILES string of the molecule is C[C@@H]1CCC[C@@H](C)C1NC(=O)Nc1cc(C#N)cn1C(C)(C)C. The molecule has 2 amide bonds. The zero-order valence-corrected chi connectivity index (χ0v) is 14.8. The zero-order chi connectivity index (χ0) is 17.2. The number of anilines is 1. The van der Waals surface area contributed by atoms with Crippen molar-refractivity contribution >= 4 is 11.8 Å². The largest absolute Gasteiger partial charge is 0.335 e. The number of nitrogens with zero attached hydrogens (tertiary/aromatic N) is 2. The van der Waals surface area contributed by atoms with Crippen molar-refractivity contribution in [1.82, 2.24) is 9.88 Å². The number of nitrogens with one attached hydrogen (secondary N) is 2. The van der Waals surface area contributed by atoms with E-state index in [1.54, 1.807) is 12.3 Å². The van der Waals surface area contributed by atoms with E-state index in [1.165, 1.54) is 6.42 Å². The Morgan fingerprint density at radius 2 is 1.91 bits per heavy atom. The smallest absolute Gasteiger partial charge is 0.320 e. The lowest BCUT2D eigenvalue weighted by molar-refractivity contribution is 0.201. The molecule has 0 bridgehead atoms. The summed E-state index contributed by atoms with van der Waals surface area (Å²) in [6, 6.07) is 3.87. The lowest BCUT2D eigenvalue weighted by Gasteiger charge is -2.35. The van der Waals surface area contributed by atoms with Gasteiger partial charge in [0.1, 0.15) is 11.9 Å². The summed E-state index contributed by atoms with van der Waals surface area (Å²) >= 11 is 0. The minimum atomic E-state index is -0.205. The topological polar surface area (TPSA) is 69.8 Å². The van der Waals surface area contributed by atoms with Crippen molar-refractivity contribution < 1.29 is 4.79 Å². The Balaban J connectivity index is 2.11. The minimum Gasteiger partial charge on any atom is -0.335 e. The van der Waals surface area contributed by atoms with E-state index >= 15 is 0 Å². The predicted molar refractivity (Wildman–Crippen MR) is 92.3 cm³/mol. The predicted octanol–water partition coefficient (Wildman–Crippen LogP) is 4.06. The number of aromatic nitrogens is 1. The highest BCUT2D eigenvalue weighted by Gasteiger charge is 2.29. The van der Waals surface area contributed by atoms with Gasteiger partial charge in [0.2, 0.25) is 0 Å². The molecule has 5 nitrogen and oxygen atoms in total. The molecule has 0 aliphatic heterocycles. The van der Waals surface area contributed by atoms with Crippen molar-refractivity contribution in [2.45, 2.75) is 65.5 Å². The Morgan fingerprint density at radius 3 is 2.43 bits per heavy atom. The molecule has 0 saturated heterocycles. The van der Waals surface area contributed by atoms with E-state index in [2.05, 4.69) is 30.6 Å². The number of urea groups is 1. The van der Waals surface area contributed by atoms with Gasteiger partial charge in [0.15, 0.2) is 0 Å². The van der Waals surface area contributed by atoms with Crippen LogP contribution in [0, 0.1) is 23.2 Å². The lowest BCUT2D eigenvalue weighted by atomic mass is 9.79. The minimum absolute atomic E-state index is 0.191. The summed E-state index contributed by atoms with van der Waals surface area (Å²) < 4.78 is 1.93. The third-order valence-electron chi connectivity index (χ3n) is 4.76. The van der Waals surface area contributed by atoms with Crippen LogP contribution in [0.3, 0.4) is 0 Å². The summed E-state index contributed by atoms with van der Waals surface area (Å²) in [6.45, 7) is 10.5. The summed E-state index contributed by atoms with van der Waals surface area (Å²) in [5, 5.41) is 15.2. The van der Waals surface area contributed by atoms with Crippen LogP contribution in [0.2, 0.25) is 0 Å². The Morgan fingerprint density at radius 1 is 1.30 bits per heavy atom. The summed E-state index contributed by atoms with van der Waals surface area (Å²) in [7, 11) is 0. The summed E-state index contributed by atoms with van der Waals surface area (Å²) in [5.74, 6) is 1.64. The van der Waals surface area contributed by atoms with Crippen LogP contribution in [0.5, 0.6) is 0 Å². The average molecular weight is 316 g/mol. The fourth-order valence-electron chi connectivity index (χ4n) is 3.45. The molecule has 1 saturated carbocycles. The first-order chi connectivity index (χ1) is 10.7. The first-order valence-corrected chi connectivity index (χ1v) is 8.43. The van der Waals surface area contributed by atoms with E-state index < -0.39 is 0 Å². The third-order valence-corrected chi connectivity index (χ3v) is 4.76. The van der Waals surface area contributed by atoms with Gasteiger partial charge in [0, 0.05) is 17.8 Å². The highest BCUT2D eigenvalue weighted by atomic mass is 16.2. The van der Waals surface area contributed by atoms with E-state index in [1.807, 2.05) is 25.3 Å². The van der Waals surface area contributed by atoms with Gasteiger partial charge in [0.05, 0.1) is 5.56 Å². The van der Waals surface area contributed by atoms with Crippen LogP contribution >= 0.6 is 0 Å². The Bertz CT molecular complexity index is 596. The second-order valence-corrected chi connectivity index (χ2v) is 7.78. The van der Waals surface area contributed by atoms with Crippen LogP contribution in [0.4, 0.5) is 10.6 Å². The Hall–Kier alpha value is -1.96. The number of hydrogen-bond donors (Lipinski definition) is 2. The second-order valence-electron chi connectivity index (χ2n) is 7.78. The first kappa shape index (κ1) is 17.4. The molecular formula is C18H28N4O. The maximum Gasteiger partial charge on any atom is 0.320 e. The summed E-state index contributed by atoms with van der Waals surface area (Å²) in [4.78, 5) is 12.4. The second kappa shape index (κ2) is 6.66. The van der Waals surface area contributed by atoms with Gasteiger partial charge in [-0.05, 0) is 51.5 Å². The van der Waals surface area contributed by atoms with Crippen molar-refractivity contribution in [3.05, 3.63) is 17.8 Å². The molecule has 0 aromatic carbocycles. The van der Waals surface area contributed by atoms with Crippen LogP contribution in [0.1, 0.15) is 59.4 Å². The van der Waals surface area contributed by atoms with Crippen molar-refractivity contribution in [3.63, 3.8) is 0 Å². The number of carbonyl (C=O) groups is 1. The fourth-order valence-corrected chi connectivity index (χ4v) is 3.45. The van der Waals surface area contributed by atoms with Gasteiger partial charge in [-0.25, -0.2) is 4.79 Å². The molecule has 1 aromatic rings. The quantitative estimate of drug-likeness (QED) is 0.863. The van der Waals surface area contributed by atoms with Gasteiger partial charge in [0.25, 0.3) is 0 Å². The average Bonchev–Trinajstić information content (AvgIpc) is 2.86. The van der Waals surface area contributed by atoms with Crippen LogP contribution in [0.25, 0.3) is 0 Å². The Kier molecular flexibility index (Phi) is 5.03. The third kappa shape index (κ3) is 4.07. The van der Waals surface area contributed by atoms with E-state index in [0.29, 0.717) is 23.2 Å². The molecular weight excluding hydrogens is 288 g/mol. The van der Waals surface area contributed by atoms with Gasteiger partial charge in [-0.3, -0.25) is 5.32 Å². The van der Waals surface area contributed by atoms with Gasteiger partial charge >= 0.3 is 6.03 Å². The van der Waals surface area contributed by atoms with Gasteiger partial charge in [-0.2, -0.15) is 5.26 Å². The normalized spacial score (nSPS) is 22.4. The van der Waals surface area contributed by atoms with Crippen LogP contribution in [0.15, 0.2) is 12.3 Å². The monoisotopic (exact) mass is 316 g/mol. The van der Waals surface area contributed by atoms with Crippen LogP contribution < -0.4 is 10.6 Å². The summed E-state index contributed by atoms with van der Waals surface area (Å²) in [6.07, 6.45) is 5.33. The highest BCUT2D eigenvalue weighted by molar-refractivity contribution is 5.89. The van der Waals surface area contributed by atoms with Crippen molar-refractivity contribution in [2.75, 3.05) is 5.32 Å². The molecule has 0 radical (unpaired) electrons. The highest BCUT2D eigenvalue weighted by Crippen LogP contribution is 2.29. The standard InChI is InChI=1S/C18H28N4O/c1-12-7-6-8-13(2)16(12)21-17(23)20-15-9-14(10-19)11-22(15)18(3,4)5/h9,11-13,16H,6-8H2,1-5H3,(H2,20,21,23)/t12-,13-/m1/s1. The van der Waals surface area contributed by atoms with Gasteiger partial charge in [-0.15, -0.1) is 0 Å². The molecule has 1 fully saturated rings. The van der Waals surface area contributed by atoms with E-state index in [-0.39, 0.29) is 17.6 Å². The number of carbonyl (C=O) groups excluding carboxylic acids is 1. The van der Waals surface area contributed by atoms with E-state index in [0.717, 1.165) is 12.8 Å². The number of hydrogen-bond acceptors (Lipinski definition) is 2. The zero-order valence-electron chi connectivity index (χ0n) is 14.8. The number of amides is 2. The molecule has 0 spiro atoms. The molecule has 2 atom stereocenters. The molecule has 1 aliphatic rings. The molecule has 1 aromatic heterocycles. The van der Waals surface area contributed by atoms with Gasteiger partial charge in [-0.1, -0.05) is 20.3 Å². The van der Waals surface area contributed by atoms with Crippen molar-refractivity contribution in [2.24, 2.45) is 11.8 Å². The van der Waals surface area contributed by atoms with Crippen LogP contribution in [-0.4, -0.2) is 16.6 Å². The molecule has 0 unspecified atom stereocenters. The maximum absolute atomic E-state index is 12.4. The van der Waals surface area contributed by atoms with E-state index in [9.17, 15) is 4.79 Å². The lowest BCUT2D eigenvalue weighted by Crippen LogP contribution is -2.47. The Labute approximate surface area is 139 Å². The van der Waals surface area contributed by atoms with Crippen molar-refractivity contribution in [3.8, 4) is 6.07 Å². The molecule has 5 heteroatoms. The number of nitriles is 1. The van der Waals surface area contributed by atoms with Crippen LogP contribution in [-0.2, 0) is 5.54 Å². The fraction of sp³-hybridized carbons (Fsp3) is 0.667. The first-order valence-electron chi connectivity index (χ1n) is 8.43.